The molecule has 1 aliphatic heterocycles. The minimum atomic E-state index is -0.883. The van der Waals surface area contributed by atoms with Crippen molar-refractivity contribution in [3.63, 3.8) is 0 Å². The first-order valence-electron chi connectivity index (χ1n) is 9.24. The van der Waals surface area contributed by atoms with Gasteiger partial charge in [-0.2, -0.15) is 0 Å². The summed E-state index contributed by atoms with van der Waals surface area (Å²) in [5, 5.41) is 15.5. The zero-order chi connectivity index (χ0) is 21.5. The molecule has 0 saturated carbocycles. The number of imide groups is 1. The number of anilines is 1. The number of esters is 1. The number of hydrogen-bond acceptors (Lipinski definition) is 8. The predicted octanol–water partition coefficient (Wildman–Crippen LogP) is 1.97. The molecule has 3 amide bonds. The third kappa shape index (κ3) is 5.34. The van der Waals surface area contributed by atoms with E-state index in [1.165, 1.54) is 18.4 Å². The van der Waals surface area contributed by atoms with Gasteiger partial charge in [-0.05, 0) is 31.0 Å². The van der Waals surface area contributed by atoms with Crippen LogP contribution < -0.4 is 15.5 Å². The monoisotopic (exact) mass is 416 g/mol. The van der Waals surface area contributed by atoms with Gasteiger partial charge in [0.25, 0.3) is 11.6 Å². The SMILES string of the molecule is O=C(COC(=O)c1cc([N+](=O)[O-])ccc1N1CCCC1)NC(=O)NCc1ccco1. The molecule has 0 bridgehead atoms. The Balaban J connectivity index is 1.57. The topological polar surface area (TPSA) is 144 Å². The maximum absolute atomic E-state index is 12.5. The minimum absolute atomic E-state index is 0.00108. The molecule has 30 heavy (non-hydrogen) atoms. The van der Waals surface area contributed by atoms with Crippen LogP contribution in [-0.2, 0) is 16.1 Å². The molecule has 0 unspecified atom stereocenters. The number of furan rings is 1. The second kappa shape index (κ2) is 9.54. The smallest absolute Gasteiger partial charge is 0.341 e. The van der Waals surface area contributed by atoms with Crippen molar-refractivity contribution in [2.75, 3.05) is 24.6 Å². The van der Waals surface area contributed by atoms with Crippen LogP contribution in [0.4, 0.5) is 16.2 Å². The van der Waals surface area contributed by atoms with E-state index in [0.717, 1.165) is 18.9 Å². The molecule has 0 atom stereocenters. The van der Waals surface area contributed by atoms with Gasteiger partial charge in [0, 0.05) is 25.2 Å². The average Bonchev–Trinajstić information content (AvgIpc) is 3.44. The summed E-state index contributed by atoms with van der Waals surface area (Å²) in [4.78, 5) is 48.5. The Morgan fingerprint density at radius 3 is 2.63 bits per heavy atom. The first-order chi connectivity index (χ1) is 14.4. The molecule has 11 heteroatoms. The summed E-state index contributed by atoms with van der Waals surface area (Å²) in [6, 6.07) is 6.48. The van der Waals surface area contributed by atoms with Crippen LogP contribution in [0.3, 0.4) is 0 Å². The summed E-state index contributed by atoms with van der Waals surface area (Å²) in [6.45, 7) is 0.802. The maximum atomic E-state index is 12.5. The van der Waals surface area contributed by atoms with E-state index in [-0.39, 0.29) is 17.8 Å². The Morgan fingerprint density at radius 2 is 1.97 bits per heavy atom. The molecule has 11 nitrogen and oxygen atoms in total. The summed E-state index contributed by atoms with van der Waals surface area (Å²) in [5.41, 5.74) is 0.257. The molecule has 0 spiro atoms. The van der Waals surface area contributed by atoms with Crippen LogP contribution in [0.25, 0.3) is 0 Å². The first kappa shape index (κ1) is 20.8. The van der Waals surface area contributed by atoms with E-state index in [4.69, 9.17) is 9.15 Å². The zero-order valence-corrected chi connectivity index (χ0v) is 16.0. The van der Waals surface area contributed by atoms with E-state index in [1.807, 2.05) is 10.2 Å². The number of carbonyl (C=O) groups excluding carboxylic acids is 3. The lowest BCUT2D eigenvalue weighted by Crippen LogP contribution is -2.41. The summed E-state index contributed by atoms with van der Waals surface area (Å²) in [6.07, 6.45) is 3.34. The highest BCUT2D eigenvalue weighted by atomic mass is 16.6. The number of nitrogens with zero attached hydrogens (tertiary/aromatic N) is 2. The van der Waals surface area contributed by atoms with E-state index < -0.39 is 29.4 Å². The normalized spacial score (nSPS) is 13.0. The largest absolute Gasteiger partial charge is 0.467 e. The summed E-state index contributed by atoms with van der Waals surface area (Å²) >= 11 is 0. The fourth-order valence-electron chi connectivity index (χ4n) is 3.03. The number of nitrogens with one attached hydrogen (secondary N) is 2. The summed E-state index contributed by atoms with van der Waals surface area (Å²) < 4.78 is 10.0. The molecule has 0 radical (unpaired) electrons. The Bertz CT molecular complexity index is 936. The van der Waals surface area contributed by atoms with Crippen molar-refractivity contribution in [3.8, 4) is 0 Å². The zero-order valence-electron chi connectivity index (χ0n) is 16.0. The molecular formula is C19H20N4O7. The van der Waals surface area contributed by atoms with E-state index >= 15 is 0 Å². The number of amides is 3. The molecule has 0 aliphatic carbocycles. The molecule has 2 N–H and O–H groups in total. The lowest BCUT2D eigenvalue weighted by atomic mass is 10.1. The molecule has 1 aromatic carbocycles. The number of hydrogen-bond donors (Lipinski definition) is 2. The molecule has 1 aliphatic rings. The average molecular weight is 416 g/mol. The van der Waals surface area contributed by atoms with E-state index in [9.17, 15) is 24.5 Å². The second-order valence-electron chi connectivity index (χ2n) is 6.54. The van der Waals surface area contributed by atoms with Gasteiger partial charge >= 0.3 is 12.0 Å². The Kier molecular flexibility index (Phi) is 6.63. The number of nitro benzene ring substituents is 1. The molecular weight excluding hydrogens is 396 g/mol. The lowest BCUT2D eigenvalue weighted by molar-refractivity contribution is -0.384. The van der Waals surface area contributed by atoms with Gasteiger partial charge in [0.1, 0.15) is 5.76 Å². The molecule has 3 rings (SSSR count). The molecule has 2 aromatic rings. The van der Waals surface area contributed by atoms with Gasteiger partial charge in [0.2, 0.25) is 0 Å². The molecule has 158 valence electrons. The van der Waals surface area contributed by atoms with Crippen LogP contribution in [-0.4, -0.2) is 42.5 Å². The van der Waals surface area contributed by atoms with Crippen LogP contribution in [0, 0.1) is 10.1 Å². The van der Waals surface area contributed by atoms with Gasteiger partial charge in [0.05, 0.1) is 29.0 Å². The summed E-state index contributed by atoms with van der Waals surface area (Å²) in [7, 11) is 0. The van der Waals surface area contributed by atoms with Crippen molar-refractivity contribution >= 4 is 29.3 Å². The molecule has 1 fully saturated rings. The number of benzene rings is 1. The number of rotatable bonds is 7. The fourth-order valence-corrected chi connectivity index (χ4v) is 3.03. The summed E-state index contributed by atoms with van der Waals surface area (Å²) in [5.74, 6) is -1.22. The fraction of sp³-hybridized carbons (Fsp3) is 0.316. The van der Waals surface area contributed by atoms with Crippen LogP contribution >= 0.6 is 0 Å². The van der Waals surface area contributed by atoms with E-state index in [0.29, 0.717) is 24.5 Å². The highest BCUT2D eigenvalue weighted by molar-refractivity contribution is 5.99. The van der Waals surface area contributed by atoms with Gasteiger partial charge in [-0.3, -0.25) is 20.2 Å². The van der Waals surface area contributed by atoms with Crippen LogP contribution in [0.2, 0.25) is 0 Å². The predicted molar refractivity (Wildman–Crippen MR) is 104 cm³/mol. The van der Waals surface area contributed by atoms with Crippen LogP contribution in [0.5, 0.6) is 0 Å². The maximum Gasteiger partial charge on any atom is 0.341 e. The van der Waals surface area contributed by atoms with Gasteiger partial charge in [-0.25, -0.2) is 9.59 Å². The third-order valence-electron chi connectivity index (χ3n) is 4.45. The quantitative estimate of drug-likeness (QED) is 0.396. The highest BCUT2D eigenvalue weighted by Gasteiger charge is 2.24. The highest BCUT2D eigenvalue weighted by Crippen LogP contribution is 2.28. The number of non-ortho nitro benzene ring substituents is 1. The Hall–Kier alpha value is -3.89. The first-order valence-corrected chi connectivity index (χ1v) is 9.24. The number of ether oxygens (including phenoxy) is 1. The van der Waals surface area contributed by atoms with Crippen LogP contribution in [0.1, 0.15) is 29.0 Å². The second-order valence-corrected chi connectivity index (χ2v) is 6.54. The van der Waals surface area contributed by atoms with Crippen molar-refractivity contribution in [3.05, 3.63) is 58.0 Å². The Labute approximate surface area is 171 Å². The lowest BCUT2D eigenvalue weighted by Gasteiger charge is -2.20. The van der Waals surface area contributed by atoms with Crippen molar-refractivity contribution in [2.24, 2.45) is 0 Å². The molecule has 1 aromatic heterocycles. The standard InChI is InChI=1S/C19H20N4O7/c24-17(21-19(26)20-11-14-4-3-9-29-14)12-30-18(25)15-10-13(23(27)28)5-6-16(15)22-7-1-2-8-22/h3-6,9-10H,1-2,7-8,11-12H2,(H2,20,21,24,26). The number of urea groups is 1. The minimum Gasteiger partial charge on any atom is -0.467 e. The van der Waals surface area contributed by atoms with Crippen molar-refractivity contribution in [1.29, 1.82) is 0 Å². The van der Waals surface area contributed by atoms with Gasteiger partial charge in [-0.1, -0.05) is 0 Å². The third-order valence-corrected chi connectivity index (χ3v) is 4.45. The van der Waals surface area contributed by atoms with Crippen molar-refractivity contribution in [1.82, 2.24) is 10.6 Å². The van der Waals surface area contributed by atoms with Gasteiger partial charge < -0.3 is 19.4 Å². The van der Waals surface area contributed by atoms with Crippen molar-refractivity contribution in [2.45, 2.75) is 19.4 Å². The van der Waals surface area contributed by atoms with Crippen molar-refractivity contribution < 1.29 is 28.5 Å². The number of carbonyl (C=O) groups is 3. The van der Waals surface area contributed by atoms with Crippen LogP contribution in [0.15, 0.2) is 41.0 Å². The molecule has 2 heterocycles. The van der Waals surface area contributed by atoms with E-state index in [2.05, 4.69) is 5.32 Å². The molecule has 1 saturated heterocycles. The van der Waals surface area contributed by atoms with Gasteiger partial charge in [0.15, 0.2) is 6.61 Å². The van der Waals surface area contributed by atoms with E-state index in [1.54, 1.807) is 12.1 Å². The number of nitro groups is 1. The van der Waals surface area contributed by atoms with Gasteiger partial charge in [-0.15, -0.1) is 0 Å². The Morgan fingerprint density at radius 1 is 1.20 bits per heavy atom.